The molecule has 25 heavy (non-hydrogen) atoms. The Morgan fingerprint density at radius 2 is 2.12 bits per heavy atom. The Hall–Kier alpha value is -2.70. The first-order valence-electron chi connectivity index (χ1n) is 8.42. The molecular weight excluding hydrogens is 318 g/mol. The van der Waals surface area contributed by atoms with Crippen molar-refractivity contribution in [2.75, 3.05) is 13.6 Å². The molecule has 1 aliphatic rings. The molecule has 7 nitrogen and oxygen atoms in total. The van der Waals surface area contributed by atoms with E-state index < -0.39 is 0 Å². The van der Waals surface area contributed by atoms with E-state index >= 15 is 0 Å². The normalized spacial score (nSPS) is 16.4. The number of nitrogens with one attached hydrogen (secondary N) is 1. The molecule has 132 valence electrons. The number of aromatic nitrogens is 3. The number of aromatic amines is 1. The summed E-state index contributed by atoms with van der Waals surface area (Å²) >= 11 is 0. The summed E-state index contributed by atoms with van der Waals surface area (Å²) in [5, 5.41) is 6.85. The Balaban J connectivity index is 1.76. The summed E-state index contributed by atoms with van der Waals surface area (Å²) in [6, 6.07) is 7.83. The number of benzene rings is 1. The van der Waals surface area contributed by atoms with Crippen molar-refractivity contribution >= 4 is 11.8 Å². The second kappa shape index (κ2) is 7.04. The molecular formula is C18H23N5O2. The lowest BCUT2D eigenvalue weighted by molar-refractivity contribution is -0.136. The Morgan fingerprint density at radius 3 is 2.80 bits per heavy atom. The summed E-state index contributed by atoms with van der Waals surface area (Å²) in [5.41, 5.74) is 2.28. The number of H-pyrrole nitrogens is 1. The largest absolute Gasteiger partial charge is 0.338 e. The third-order valence-corrected chi connectivity index (χ3v) is 4.63. The minimum absolute atomic E-state index is 0.000418. The van der Waals surface area contributed by atoms with Gasteiger partial charge in [-0.25, -0.2) is 4.98 Å². The van der Waals surface area contributed by atoms with E-state index in [0.717, 1.165) is 17.8 Å². The number of hydrogen-bond acceptors (Lipinski definition) is 4. The minimum Gasteiger partial charge on any atom is -0.338 e. The molecule has 0 aliphatic carbocycles. The first-order valence-corrected chi connectivity index (χ1v) is 8.42. The van der Waals surface area contributed by atoms with Crippen LogP contribution in [0, 0.1) is 6.92 Å². The molecule has 0 fully saturated rings. The zero-order chi connectivity index (χ0) is 18.0. The van der Waals surface area contributed by atoms with Gasteiger partial charge in [-0.2, -0.15) is 5.10 Å². The van der Waals surface area contributed by atoms with Gasteiger partial charge in [-0.15, -0.1) is 0 Å². The van der Waals surface area contributed by atoms with Crippen LogP contribution in [0.1, 0.15) is 42.2 Å². The van der Waals surface area contributed by atoms with Gasteiger partial charge in [-0.3, -0.25) is 14.7 Å². The average Bonchev–Trinajstić information content (AvgIpc) is 2.99. The van der Waals surface area contributed by atoms with Crippen LogP contribution < -0.4 is 0 Å². The van der Waals surface area contributed by atoms with Crippen molar-refractivity contribution in [3.05, 3.63) is 47.0 Å². The standard InChI is InChI=1S/C18H23N5O2/c1-12-19-17(21-20-12)11-22(3)18(25)10-16-15-7-5-4-6-14(15)8-9-23(16)13(2)24/h4-7,16H,8-11H2,1-3H3,(H,19,20,21). The van der Waals surface area contributed by atoms with Gasteiger partial charge in [-0.1, -0.05) is 24.3 Å². The molecule has 0 spiro atoms. The van der Waals surface area contributed by atoms with Crippen LogP contribution in [0.5, 0.6) is 0 Å². The topological polar surface area (TPSA) is 82.2 Å². The third kappa shape index (κ3) is 3.70. The molecule has 1 atom stereocenters. The molecule has 0 radical (unpaired) electrons. The van der Waals surface area contributed by atoms with Gasteiger partial charge >= 0.3 is 0 Å². The van der Waals surface area contributed by atoms with Crippen LogP contribution in [-0.2, 0) is 22.6 Å². The van der Waals surface area contributed by atoms with Gasteiger partial charge in [0.15, 0.2) is 5.82 Å². The molecule has 2 amide bonds. The fraction of sp³-hybridized carbons (Fsp3) is 0.444. The van der Waals surface area contributed by atoms with Gasteiger partial charge < -0.3 is 9.80 Å². The predicted octanol–water partition coefficient (Wildman–Crippen LogP) is 1.61. The van der Waals surface area contributed by atoms with Crippen LogP contribution in [0.2, 0.25) is 0 Å². The number of carbonyl (C=O) groups is 2. The fourth-order valence-corrected chi connectivity index (χ4v) is 3.33. The van der Waals surface area contributed by atoms with E-state index in [1.54, 1.807) is 23.8 Å². The highest BCUT2D eigenvalue weighted by molar-refractivity contribution is 5.79. The molecule has 0 saturated heterocycles. The Morgan fingerprint density at radius 1 is 1.36 bits per heavy atom. The highest BCUT2D eigenvalue weighted by atomic mass is 16.2. The lowest BCUT2D eigenvalue weighted by Gasteiger charge is -2.37. The van der Waals surface area contributed by atoms with Crippen LogP contribution in [0.3, 0.4) is 0 Å². The van der Waals surface area contributed by atoms with Gasteiger partial charge in [0, 0.05) is 20.5 Å². The molecule has 1 aliphatic heterocycles. The van der Waals surface area contributed by atoms with E-state index in [4.69, 9.17) is 0 Å². The summed E-state index contributed by atoms with van der Waals surface area (Å²) in [6.07, 6.45) is 1.09. The van der Waals surface area contributed by atoms with E-state index in [1.807, 2.05) is 25.1 Å². The van der Waals surface area contributed by atoms with Crippen molar-refractivity contribution < 1.29 is 9.59 Å². The maximum Gasteiger partial charge on any atom is 0.225 e. The highest BCUT2D eigenvalue weighted by Crippen LogP contribution is 2.32. The van der Waals surface area contributed by atoms with Crippen molar-refractivity contribution in [1.82, 2.24) is 25.0 Å². The zero-order valence-corrected chi connectivity index (χ0v) is 14.8. The summed E-state index contributed by atoms with van der Waals surface area (Å²) in [6.45, 7) is 4.37. The molecule has 1 unspecified atom stereocenters. The van der Waals surface area contributed by atoms with Crippen LogP contribution in [0.4, 0.5) is 0 Å². The number of fused-ring (bicyclic) bond motifs is 1. The monoisotopic (exact) mass is 341 g/mol. The predicted molar refractivity (Wildman–Crippen MR) is 92.5 cm³/mol. The maximum absolute atomic E-state index is 12.7. The lowest BCUT2D eigenvalue weighted by atomic mass is 9.90. The number of amides is 2. The number of carbonyl (C=O) groups excluding carboxylic acids is 2. The van der Waals surface area contributed by atoms with Crippen LogP contribution in [0.15, 0.2) is 24.3 Å². The Kier molecular flexibility index (Phi) is 4.83. The van der Waals surface area contributed by atoms with E-state index in [-0.39, 0.29) is 24.3 Å². The van der Waals surface area contributed by atoms with Gasteiger partial charge in [0.1, 0.15) is 5.82 Å². The number of aryl methyl sites for hydroxylation is 1. The van der Waals surface area contributed by atoms with Crippen LogP contribution in [-0.4, -0.2) is 50.4 Å². The first kappa shape index (κ1) is 17.1. The Labute approximate surface area is 147 Å². The molecule has 0 bridgehead atoms. The van der Waals surface area contributed by atoms with Gasteiger partial charge in [0.05, 0.1) is 19.0 Å². The molecule has 2 heterocycles. The number of hydrogen-bond donors (Lipinski definition) is 1. The van der Waals surface area contributed by atoms with Crippen LogP contribution >= 0.6 is 0 Å². The summed E-state index contributed by atoms with van der Waals surface area (Å²) in [5.74, 6) is 1.27. The molecule has 3 rings (SSSR count). The number of nitrogens with zero attached hydrogens (tertiary/aromatic N) is 4. The molecule has 7 heteroatoms. The zero-order valence-electron chi connectivity index (χ0n) is 14.8. The highest BCUT2D eigenvalue weighted by Gasteiger charge is 2.31. The number of rotatable bonds is 4. The van der Waals surface area contributed by atoms with Crippen molar-refractivity contribution in [1.29, 1.82) is 0 Å². The second-order valence-electron chi connectivity index (χ2n) is 6.47. The summed E-state index contributed by atoms with van der Waals surface area (Å²) in [4.78, 5) is 32.4. The smallest absolute Gasteiger partial charge is 0.225 e. The van der Waals surface area contributed by atoms with E-state index in [2.05, 4.69) is 21.2 Å². The Bertz CT molecular complexity index is 785. The first-order chi connectivity index (χ1) is 12.0. The minimum atomic E-state index is -0.216. The van der Waals surface area contributed by atoms with Gasteiger partial charge in [-0.05, 0) is 24.5 Å². The SMILES string of the molecule is CC(=O)N1CCc2ccccc2C1CC(=O)N(C)Cc1n[nH]c(C)n1. The molecule has 1 N–H and O–H groups in total. The van der Waals surface area contributed by atoms with Crippen molar-refractivity contribution in [3.63, 3.8) is 0 Å². The van der Waals surface area contributed by atoms with Crippen molar-refractivity contribution in [2.45, 2.75) is 39.3 Å². The summed E-state index contributed by atoms with van der Waals surface area (Å²) < 4.78 is 0. The molecule has 2 aromatic rings. The molecule has 1 aromatic heterocycles. The van der Waals surface area contributed by atoms with Gasteiger partial charge in [0.25, 0.3) is 0 Å². The molecule has 0 saturated carbocycles. The quantitative estimate of drug-likeness (QED) is 0.916. The van der Waals surface area contributed by atoms with E-state index in [0.29, 0.717) is 18.9 Å². The van der Waals surface area contributed by atoms with Crippen LogP contribution in [0.25, 0.3) is 0 Å². The lowest BCUT2D eigenvalue weighted by Crippen LogP contribution is -2.41. The maximum atomic E-state index is 12.7. The van der Waals surface area contributed by atoms with Crippen molar-refractivity contribution in [3.8, 4) is 0 Å². The second-order valence-corrected chi connectivity index (χ2v) is 6.47. The van der Waals surface area contributed by atoms with E-state index in [9.17, 15) is 9.59 Å². The van der Waals surface area contributed by atoms with Gasteiger partial charge in [0.2, 0.25) is 11.8 Å². The fourth-order valence-electron chi connectivity index (χ4n) is 3.33. The van der Waals surface area contributed by atoms with Crippen molar-refractivity contribution in [2.24, 2.45) is 0 Å². The average molecular weight is 341 g/mol. The third-order valence-electron chi connectivity index (χ3n) is 4.63. The molecule has 1 aromatic carbocycles. The van der Waals surface area contributed by atoms with E-state index in [1.165, 1.54) is 5.56 Å². The summed E-state index contributed by atoms with van der Waals surface area (Å²) in [7, 11) is 1.74.